The van der Waals surface area contributed by atoms with Gasteiger partial charge in [-0.05, 0) is 33.1 Å². The minimum absolute atomic E-state index is 0.245. The molecule has 0 fully saturated rings. The fraction of sp³-hybridized carbons (Fsp3) is 0.667. The van der Waals surface area contributed by atoms with Gasteiger partial charge in [-0.25, -0.2) is 0 Å². The molecule has 0 aromatic heterocycles. The van der Waals surface area contributed by atoms with E-state index in [1.165, 1.54) is 0 Å². The molecule has 0 radical (unpaired) electrons. The summed E-state index contributed by atoms with van der Waals surface area (Å²) in [6, 6.07) is 0. The lowest BCUT2D eigenvalue weighted by Gasteiger charge is -2.28. The van der Waals surface area contributed by atoms with Crippen LogP contribution in [-0.2, 0) is 13.6 Å². The Balaban J connectivity index is 4.49. The molecule has 18 heavy (non-hydrogen) atoms. The van der Waals surface area contributed by atoms with Crippen molar-refractivity contribution >= 4 is 30.8 Å². The average Bonchev–Trinajstić information content (AvgIpc) is 2.29. The molecule has 0 saturated carbocycles. The van der Waals surface area contributed by atoms with E-state index in [1.54, 1.807) is 19.9 Å². The van der Waals surface area contributed by atoms with E-state index in [-0.39, 0.29) is 13.2 Å². The highest BCUT2D eigenvalue weighted by atomic mass is 35.5. The molecule has 0 spiro atoms. The summed E-state index contributed by atoms with van der Waals surface area (Å²) in [5.41, 5.74) is 0. The molecule has 0 atom stereocenters. The Morgan fingerprint density at radius 1 is 1.28 bits per heavy atom. The van der Waals surface area contributed by atoms with Gasteiger partial charge in [0.25, 0.3) is 0 Å². The smallest absolute Gasteiger partial charge is 0.307 e. The summed E-state index contributed by atoms with van der Waals surface area (Å²) in [5.74, 6) is 0. The van der Waals surface area contributed by atoms with Crippen LogP contribution in [0.15, 0.2) is 24.8 Å². The van der Waals surface area contributed by atoms with Crippen LogP contribution in [0.3, 0.4) is 0 Å². The lowest BCUT2D eigenvalue weighted by molar-refractivity contribution is 0.213. The molecule has 3 nitrogen and oxygen atoms in total. The first-order valence-corrected chi connectivity index (χ1v) is 8.28. The Morgan fingerprint density at radius 3 is 2.28 bits per heavy atom. The van der Waals surface area contributed by atoms with Crippen LogP contribution >= 0.6 is 30.8 Å². The number of hydrogen-bond acceptors (Lipinski definition) is 3. The molecule has 0 aromatic rings. The summed E-state index contributed by atoms with van der Waals surface area (Å²) in [6.07, 6.45) is 7.31. The number of unbranched alkanes of at least 4 members (excludes halogenated alkanes) is 1. The largest absolute Gasteiger partial charge is 0.366 e. The first-order chi connectivity index (χ1) is 8.43. The number of alkyl halides is 2. The van der Waals surface area contributed by atoms with Gasteiger partial charge in [0, 0.05) is 0 Å². The molecule has 106 valence electrons. The van der Waals surface area contributed by atoms with Crippen LogP contribution in [0.5, 0.6) is 0 Å². The van der Waals surface area contributed by atoms with E-state index in [2.05, 4.69) is 6.58 Å². The standard InChI is InChI=1S/C12H21Cl2O3P/c1-4-7-8-9-10-11-12(13,14)18(15,16-5-2)17-6-3/h4,7-8H,1,5-6,9-11H2,2-3H3/b8-7+. The zero-order valence-corrected chi connectivity index (χ0v) is 13.3. The fourth-order valence-electron chi connectivity index (χ4n) is 1.33. The highest BCUT2D eigenvalue weighted by Crippen LogP contribution is 2.66. The van der Waals surface area contributed by atoms with Gasteiger partial charge in [0.2, 0.25) is 4.07 Å². The molecular formula is C12H21Cl2O3P. The van der Waals surface area contributed by atoms with Crippen molar-refractivity contribution in [3.8, 4) is 0 Å². The summed E-state index contributed by atoms with van der Waals surface area (Å²) in [4.78, 5) is 0. The maximum atomic E-state index is 12.4. The van der Waals surface area contributed by atoms with Gasteiger partial charge in [-0.3, -0.25) is 4.57 Å². The third-order valence-corrected chi connectivity index (χ3v) is 5.96. The Labute approximate surface area is 120 Å². The monoisotopic (exact) mass is 314 g/mol. The van der Waals surface area contributed by atoms with Crippen molar-refractivity contribution in [1.82, 2.24) is 0 Å². The quantitative estimate of drug-likeness (QED) is 0.238. The Bertz CT molecular complexity index is 306. The predicted octanol–water partition coefficient (Wildman–Crippen LogP) is 5.30. The van der Waals surface area contributed by atoms with Gasteiger partial charge in [-0.15, -0.1) is 0 Å². The molecule has 0 rings (SSSR count). The minimum Gasteiger partial charge on any atom is -0.307 e. The van der Waals surface area contributed by atoms with E-state index < -0.39 is 11.7 Å². The molecule has 0 amide bonds. The van der Waals surface area contributed by atoms with E-state index in [1.807, 2.05) is 12.2 Å². The molecule has 0 aromatic carbocycles. The Kier molecular flexibility index (Phi) is 9.27. The first-order valence-electron chi connectivity index (χ1n) is 5.98. The van der Waals surface area contributed by atoms with Crippen molar-refractivity contribution in [2.45, 2.75) is 37.2 Å². The molecular weight excluding hydrogens is 294 g/mol. The van der Waals surface area contributed by atoms with E-state index in [0.29, 0.717) is 12.8 Å². The van der Waals surface area contributed by atoms with Crippen molar-refractivity contribution in [3.05, 3.63) is 24.8 Å². The van der Waals surface area contributed by atoms with Crippen LogP contribution in [0.1, 0.15) is 33.1 Å². The highest BCUT2D eigenvalue weighted by molar-refractivity contribution is 7.60. The lowest BCUT2D eigenvalue weighted by Crippen LogP contribution is -2.17. The molecule has 0 heterocycles. The minimum atomic E-state index is -3.49. The third-order valence-electron chi connectivity index (χ3n) is 2.12. The van der Waals surface area contributed by atoms with Crippen LogP contribution in [0, 0.1) is 0 Å². The molecule has 0 aliphatic heterocycles. The van der Waals surface area contributed by atoms with E-state index in [9.17, 15) is 4.57 Å². The number of hydrogen-bond donors (Lipinski definition) is 0. The predicted molar refractivity (Wildman–Crippen MR) is 78.5 cm³/mol. The second-order valence-corrected chi connectivity index (χ2v) is 7.84. The van der Waals surface area contributed by atoms with Crippen molar-refractivity contribution in [2.24, 2.45) is 0 Å². The molecule has 0 saturated heterocycles. The maximum absolute atomic E-state index is 12.4. The van der Waals surface area contributed by atoms with Crippen LogP contribution in [0.25, 0.3) is 0 Å². The maximum Gasteiger partial charge on any atom is 0.366 e. The average molecular weight is 315 g/mol. The number of halogens is 2. The third kappa shape index (κ3) is 5.90. The Morgan fingerprint density at radius 2 is 1.83 bits per heavy atom. The lowest BCUT2D eigenvalue weighted by atomic mass is 10.2. The molecule has 6 heteroatoms. The van der Waals surface area contributed by atoms with Gasteiger partial charge >= 0.3 is 7.60 Å². The SMILES string of the molecule is C=C/C=C/CCCC(Cl)(Cl)P(=O)(OCC)OCC. The van der Waals surface area contributed by atoms with Gasteiger partial charge in [-0.2, -0.15) is 0 Å². The fourth-order valence-corrected chi connectivity index (χ4v) is 3.74. The zero-order valence-electron chi connectivity index (χ0n) is 10.9. The van der Waals surface area contributed by atoms with Crippen LogP contribution in [0.2, 0.25) is 0 Å². The van der Waals surface area contributed by atoms with Crippen molar-refractivity contribution in [1.29, 1.82) is 0 Å². The molecule has 0 unspecified atom stereocenters. The molecule has 0 aliphatic rings. The summed E-state index contributed by atoms with van der Waals surface area (Å²) in [7, 11) is -3.49. The van der Waals surface area contributed by atoms with Gasteiger partial charge in [0.15, 0.2) is 0 Å². The summed E-state index contributed by atoms with van der Waals surface area (Å²) in [6.45, 7) is 7.51. The van der Waals surface area contributed by atoms with E-state index in [4.69, 9.17) is 32.2 Å². The molecule has 0 aliphatic carbocycles. The van der Waals surface area contributed by atoms with Gasteiger partial charge in [0.1, 0.15) is 0 Å². The summed E-state index contributed by atoms with van der Waals surface area (Å²) >= 11 is 12.2. The Hall–Kier alpha value is 0.210. The topological polar surface area (TPSA) is 35.5 Å². The number of rotatable bonds is 10. The van der Waals surface area contributed by atoms with Crippen LogP contribution in [-0.4, -0.2) is 17.3 Å². The summed E-state index contributed by atoms with van der Waals surface area (Å²) < 4.78 is 21.2. The van der Waals surface area contributed by atoms with Crippen molar-refractivity contribution in [3.63, 3.8) is 0 Å². The molecule has 0 N–H and O–H groups in total. The number of allylic oxidation sites excluding steroid dienone is 3. The zero-order chi connectivity index (χ0) is 14.1. The van der Waals surface area contributed by atoms with Gasteiger partial charge < -0.3 is 9.05 Å². The first kappa shape index (κ1) is 18.2. The summed E-state index contributed by atoms with van der Waals surface area (Å²) in [5, 5.41) is 0. The van der Waals surface area contributed by atoms with E-state index >= 15 is 0 Å². The van der Waals surface area contributed by atoms with Gasteiger partial charge in [-0.1, -0.05) is 48.0 Å². The van der Waals surface area contributed by atoms with Crippen LogP contribution in [0.4, 0.5) is 0 Å². The second-order valence-electron chi connectivity index (χ2n) is 3.55. The second kappa shape index (κ2) is 9.17. The van der Waals surface area contributed by atoms with Crippen molar-refractivity contribution in [2.75, 3.05) is 13.2 Å². The van der Waals surface area contributed by atoms with Crippen molar-refractivity contribution < 1.29 is 13.6 Å². The molecule has 0 bridgehead atoms. The normalized spacial score (nSPS) is 13.1. The van der Waals surface area contributed by atoms with Gasteiger partial charge in [0.05, 0.1) is 13.2 Å². The van der Waals surface area contributed by atoms with E-state index in [0.717, 1.165) is 6.42 Å². The van der Waals surface area contributed by atoms with Crippen LogP contribution < -0.4 is 0 Å². The highest BCUT2D eigenvalue weighted by Gasteiger charge is 2.47.